The number of pyridine rings is 1. The van der Waals surface area contributed by atoms with Gasteiger partial charge in [0.25, 0.3) is 0 Å². The maximum atomic E-state index is 5.09. The molecule has 0 bridgehead atoms. The normalized spacial score (nSPS) is 11.1. The first-order valence-electron chi connectivity index (χ1n) is 5.73. The third kappa shape index (κ3) is 5.40. The number of unbranched alkanes of at least 4 members (excludes halogenated alkanes) is 1. The van der Waals surface area contributed by atoms with E-state index in [1.165, 1.54) is 0 Å². The molecule has 0 radical (unpaired) electrons. The minimum Gasteiger partial charge on any atom is -0.361 e. The van der Waals surface area contributed by atoms with Crippen molar-refractivity contribution in [1.82, 2.24) is 15.7 Å². The first kappa shape index (κ1) is 13.6. The Labute approximate surface area is 108 Å². The third-order valence-corrected chi connectivity index (χ3v) is 2.41. The van der Waals surface area contributed by atoms with Crippen molar-refractivity contribution < 1.29 is 0 Å². The number of aromatic nitrogens is 1. The minimum absolute atomic E-state index is 0.550. The van der Waals surface area contributed by atoms with Crippen molar-refractivity contribution in [2.75, 3.05) is 6.54 Å². The van der Waals surface area contributed by atoms with E-state index >= 15 is 0 Å². The number of rotatable bonds is 5. The van der Waals surface area contributed by atoms with Gasteiger partial charge in [0.05, 0.1) is 11.4 Å². The summed E-state index contributed by atoms with van der Waals surface area (Å²) in [7, 11) is 0. The van der Waals surface area contributed by atoms with Crippen molar-refractivity contribution in [2.45, 2.75) is 26.7 Å². The van der Waals surface area contributed by atoms with Gasteiger partial charge in [-0.1, -0.05) is 19.4 Å². The van der Waals surface area contributed by atoms with Gasteiger partial charge in [0.2, 0.25) is 0 Å². The average Bonchev–Trinajstić information content (AvgIpc) is 2.37. The van der Waals surface area contributed by atoms with E-state index in [2.05, 4.69) is 27.8 Å². The highest BCUT2D eigenvalue weighted by Gasteiger charge is 1.97. The molecule has 2 N–H and O–H groups in total. The molecule has 0 aliphatic heterocycles. The first-order valence-corrected chi connectivity index (χ1v) is 6.14. The maximum absolute atomic E-state index is 5.09. The highest BCUT2D eigenvalue weighted by Crippen LogP contribution is 1.95. The molecule has 0 unspecified atom stereocenters. The summed E-state index contributed by atoms with van der Waals surface area (Å²) in [5.74, 6) is 0. The van der Waals surface area contributed by atoms with Crippen LogP contribution in [0.5, 0.6) is 0 Å². The summed E-state index contributed by atoms with van der Waals surface area (Å²) in [5.41, 5.74) is 4.46. The Morgan fingerprint density at radius 2 is 2.29 bits per heavy atom. The topological polar surface area (TPSA) is 49.3 Å². The lowest BCUT2D eigenvalue weighted by molar-refractivity contribution is 0.744. The minimum atomic E-state index is 0.550. The van der Waals surface area contributed by atoms with Crippen molar-refractivity contribution in [2.24, 2.45) is 5.10 Å². The van der Waals surface area contributed by atoms with Gasteiger partial charge in [-0.15, -0.1) is 0 Å². The summed E-state index contributed by atoms with van der Waals surface area (Å²) in [5, 5.41) is 7.81. The maximum Gasteiger partial charge on any atom is 0.186 e. The molecule has 1 aromatic rings. The lowest BCUT2D eigenvalue weighted by Crippen LogP contribution is -2.33. The lowest BCUT2D eigenvalue weighted by Gasteiger charge is -2.06. The van der Waals surface area contributed by atoms with Crippen LogP contribution in [-0.2, 0) is 0 Å². The number of hydrogen-bond donors (Lipinski definition) is 2. The fourth-order valence-corrected chi connectivity index (χ4v) is 1.33. The number of hydrogen-bond acceptors (Lipinski definition) is 3. The van der Waals surface area contributed by atoms with E-state index in [1.54, 1.807) is 6.20 Å². The third-order valence-electron chi connectivity index (χ3n) is 2.18. The molecule has 4 nitrogen and oxygen atoms in total. The Bertz CT molecular complexity index is 375. The second kappa shape index (κ2) is 7.73. The lowest BCUT2D eigenvalue weighted by atomic mass is 10.3. The van der Waals surface area contributed by atoms with Crippen LogP contribution in [0.2, 0.25) is 0 Å². The molecule has 0 aliphatic carbocycles. The first-order chi connectivity index (χ1) is 8.24. The number of nitrogens with one attached hydrogen (secondary N) is 2. The summed E-state index contributed by atoms with van der Waals surface area (Å²) in [4.78, 5) is 4.20. The fraction of sp³-hybridized carbons (Fsp3) is 0.417. The smallest absolute Gasteiger partial charge is 0.186 e. The summed E-state index contributed by atoms with van der Waals surface area (Å²) in [6, 6.07) is 5.72. The Kier molecular flexibility index (Phi) is 6.17. The average molecular weight is 250 g/mol. The van der Waals surface area contributed by atoms with Crippen LogP contribution in [0.3, 0.4) is 0 Å². The summed E-state index contributed by atoms with van der Waals surface area (Å²) >= 11 is 5.09. The van der Waals surface area contributed by atoms with Gasteiger partial charge in [0, 0.05) is 12.7 Å². The van der Waals surface area contributed by atoms with Crippen molar-refractivity contribution in [3.05, 3.63) is 30.1 Å². The zero-order valence-electron chi connectivity index (χ0n) is 10.2. The van der Waals surface area contributed by atoms with Gasteiger partial charge < -0.3 is 5.32 Å². The van der Waals surface area contributed by atoms with Gasteiger partial charge in [-0.3, -0.25) is 10.4 Å². The molecule has 0 amide bonds. The Hall–Kier alpha value is -1.49. The van der Waals surface area contributed by atoms with Crippen LogP contribution in [-0.4, -0.2) is 22.4 Å². The van der Waals surface area contributed by atoms with Gasteiger partial charge in [-0.25, -0.2) is 0 Å². The molecule has 0 fully saturated rings. The zero-order chi connectivity index (χ0) is 12.5. The van der Waals surface area contributed by atoms with Crippen LogP contribution in [0, 0.1) is 0 Å². The van der Waals surface area contributed by atoms with Gasteiger partial charge in [-0.05, 0) is 37.7 Å². The van der Waals surface area contributed by atoms with Crippen LogP contribution in [0.4, 0.5) is 0 Å². The SMILES string of the molecule is CCCCNC(=S)NN=C(C)c1ccccn1. The predicted molar refractivity (Wildman–Crippen MR) is 75.1 cm³/mol. The number of nitrogens with zero attached hydrogens (tertiary/aromatic N) is 2. The largest absolute Gasteiger partial charge is 0.361 e. The molecular weight excluding hydrogens is 232 g/mol. The second-order valence-electron chi connectivity index (χ2n) is 3.63. The van der Waals surface area contributed by atoms with E-state index < -0.39 is 0 Å². The zero-order valence-corrected chi connectivity index (χ0v) is 11.0. The second-order valence-corrected chi connectivity index (χ2v) is 4.04. The summed E-state index contributed by atoms with van der Waals surface area (Å²) < 4.78 is 0. The van der Waals surface area contributed by atoms with Crippen LogP contribution in [0.15, 0.2) is 29.5 Å². The summed E-state index contributed by atoms with van der Waals surface area (Å²) in [6.45, 7) is 4.91. The molecule has 17 heavy (non-hydrogen) atoms. The molecule has 0 spiro atoms. The van der Waals surface area contributed by atoms with Crippen molar-refractivity contribution in [3.8, 4) is 0 Å². The molecule has 1 rings (SSSR count). The quantitative estimate of drug-likeness (QED) is 0.363. The fourth-order valence-electron chi connectivity index (χ4n) is 1.19. The molecule has 0 saturated carbocycles. The molecule has 1 heterocycles. The van der Waals surface area contributed by atoms with E-state index in [4.69, 9.17) is 12.2 Å². The van der Waals surface area contributed by atoms with Gasteiger partial charge in [0.1, 0.15) is 0 Å². The van der Waals surface area contributed by atoms with Crippen molar-refractivity contribution >= 4 is 23.0 Å². The van der Waals surface area contributed by atoms with Gasteiger partial charge in [0.15, 0.2) is 5.11 Å². The molecule has 0 aromatic carbocycles. The molecular formula is C12H18N4S. The highest BCUT2D eigenvalue weighted by atomic mass is 32.1. The molecule has 1 aromatic heterocycles. The number of thiocarbonyl (C=S) groups is 1. The van der Waals surface area contributed by atoms with Crippen molar-refractivity contribution in [3.63, 3.8) is 0 Å². The predicted octanol–water partition coefficient (Wildman–Crippen LogP) is 2.07. The molecule has 0 saturated heterocycles. The highest BCUT2D eigenvalue weighted by molar-refractivity contribution is 7.80. The van der Waals surface area contributed by atoms with Crippen molar-refractivity contribution in [1.29, 1.82) is 0 Å². The van der Waals surface area contributed by atoms with E-state index in [0.717, 1.165) is 30.8 Å². The van der Waals surface area contributed by atoms with Crippen LogP contribution in [0.1, 0.15) is 32.4 Å². The molecule has 5 heteroatoms. The van der Waals surface area contributed by atoms with Crippen LogP contribution in [0.25, 0.3) is 0 Å². The van der Waals surface area contributed by atoms with E-state index in [0.29, 0.717) is 5.11 Å². The summed E-state index contributed by atoms with van der Waals surface area (Å²) in [6.07, 6.45) is 3.99. The van der Waals surface area contributed by atoms with E-state index in [1.807, 2.05) is 25.1 Å². The Morgan fingerprint density at radius 3 is 2.94 bits per heavy atom. The Balaban J connectivity index is 2.40. The van der Waals surface area contributed by atoms with Crippen LogP contribution >= 0.6 is 12.2 Å². The standard InChI is InChI=1S/C12H18N4S/c1-3-4-8-14-12(17)16-15-10(2)11-7-5-6-9-13-11/h5-7,9H,3-4,8H2,1-2H3,(H2,14,16,17). The molecule has 92 valence electrons. The van der Waals surface area contributed by atoms with E-state index in [-0.39, 0.29) is 0 Å². The van der Waals surface area contributed by atoms with Crippen LogP contribution < -0.4 is 10.7 Å². The van der Waals surface area contributed by atoms with E-state index in [9.17, 15) is 0 Å². The van der Waals surface area contributed by atoms with Gasteiger partial charge in [-0.2, -0.15) is 5.10 Å². The molecule has 0 atom stereocenters. The molecule has 0 aliphatic rings. The Morgan fingerprint density at radius 1 is 1.47 bits per heavy atom. The van der Waals surface area contributed by atoms with Gasteiger partial charge >= 0.3 is 0 Å². The number of hydrazone groups is 1. The monoisotopic (exact) mass is 250 g/mol.